The first kappa shape index (κ1) is 20.5. The minimum Gasteiger partial charge on any atom is -0.465 e. The maximum atomic E-state index is 12.7. The lowest BCUT2D eigenvalue weighted by molar-refractivity contribution is 0.0600. The van der Waals surface area contributed by atoms with Gasteiger partial charge in [0.2, 0.25) is 0 Å². The van der Waals surface area contributed by atoms with E-state index in [-0.39, 0.29) is 5.56 Å². The molecule has 1 fully saturated rings. The Kier molecular flexibility index (Phi) is 5.68. The van der Waals surface area contributed by atoms with Crippen molar-refractivity contribution in [3.63, 3.8) is 0 Å². The highest BCUT2D eigenvalue weighted by Crippen LogP contribution is 2.19. The van der Waals surface area contributed by atoms with E-state index in [2.05, 4.69) is 36.9 Å². The highest BCUT2D eigenvalue weighted by Gasteiger charge is 2.17. The van der Waals surface area contributed by atoms with Crippen molar-refractivity contribution in [2.45, 2.75) is 0 Å². The molecule has 0 aliphatic carbocycles. The van der Waals surface area contributed by atoms with Gasteiger partial charge in [0.1, 0.15) is 17.0 Å². The molecule has 0 radical (unpaired) electrons. The molecule has 1 saturated heterocycles. The van der Waals surface area contributed by atoms with Crippen LogP contribution in [-0.2, 0) is 4.74 Å². The fraction of sp³-hybridized carbons (Fsp3) is 0.273. The minimum absolute atomic E-state index is 0.0369. The van der Waals surface area contributed by atoms with Crippen molar-refractivity contribution in [1.29, 1.82) is 0 Å². The van der Waals surface area contributed by atoms with Crippen molar-refractivity contribution >= 4 is 34.4 Å². The standard InChI is InChI=1S/C22H23N5O4/c1-26-8-10-27(11-9-26)18-7-6-14-13-17(21(29)25-19(14)24-18)20(28)23-16-5-3-4-15(12-16)22(30)31-2/h3-7,12-13H,8-11H2,1-2H3,(H,23,28)(H,24,25,29). The number of ether oxygens (including phenoxy) is 1. The van der Waals surface area contributed by atoms with E-state index >= 15 is 0 Å². The van der Waals surface area contributed by atoms with Crippen LogP contribution in [0.25, 0.3) is 11.0 Å². The molecular weight excluding hydrogens is 398 g/mol. The van der Waals surface area contributed by atoms with Gasteiger partial charge in [-0.2, -0.15) is 0 Å². The van der Waals surface area contributed by atoms with Crippen LogP contribution in [0, 0.1) is 0 Å². The van der Waals surface area contributed by atoms with Crippen molar-refractivity contribution in [2.75, 3.05) is 50.6 Å². The summed E-state index contributed by atoms with van der Waals surface area (Å²) in [4.78, 5) is 48.7. The summed E-state index contributed by atoms with van der Waals surface area (Å²) in [5, 5.41) is 3.31. The summed E-state index contributed by atoms with van der Waals surface area (Å²) < 4.78 is 4.69. The molecule has 31 heavy (non-hydrogen) atoms. The number of carbonyl (C=O) groups is 2. The van der Waals surface area contributed by atoms with E-state index in [1.165, 1.54) is 19.2 Å². The van der Waals surface area contributed by atoms with Gasteiger partial charge in [-0.25, -0.2) is 9.78 Å². The molecule has 160 valence electrons. The Morgan fingerprint density at radius 2 is 1.87 bits per heavy atom. The van der Waals surface area contributed by atoms with Crippen LogP contribution in [0.3, 0.4) is 0 Å². The molecule has 2 aromatic heterocycles. The molecule has 0 atom stereocenters. The average Bonchev–Trinajstić information content (AvgIpc) is 2.78. The molecule has 1 aromatic carbocycles. The zero-order valence-corrected chi connectivity index (χ0v) is 17.3. The first-order valence-electron chi connectivity index (χ1n) is 9.92. The van der Waals surface area contributed by atoms with Gasteiger partial charge in [0, 0.05) is 37.3 Å². The maximum Gasteiger partial charge on any atom is 0.337 e. The molecule has 4 rings (SSSR count). The number of rotatable bonds is 4. The van der Waals surface area contributed by atoms with Gasteiger partial charge in [0.05, 0.1) is 12.7 Å². The van der Waals surface area contributed by atoms with Gasteiger partial charge in [-0.05, 0) is 43.4 Å². The number of aromatic nitrogens is 2. The normalized spacial score (nSPS) is 14.5. The number of carbonyl (C=O) groups excluding carboxylic acids is 2. The van der Waals surface area contributed by atoms with E-state index in [0.29, 0.717) is 22.3 Å². The first-order valence-corrected chi connectivity index (χ1v) is 9.92. The van der Waals surface area contributed by atoms with Crippen LogP contribution in [0.15, 0.2) is 47.3 Å². The number of piperazine rings is 1. The third kappa shape index (κ3) is 4.41. The number of fused-ring (bicyclic) bond motifs is 1. The second-order valence-electron chi connectivity index (χ2n) is 7.44. The molecular formula is C22H23N5O4. The number of nitrogens with one attached hydrogen (secondary N) is 2. The molecule has 9 heteroatoms. The second-order valence-corrected chi connectivity index (χ2v) is 7.44. The monoisotopic (exact) mass is 421 g/mol. The van der Waals surface area contributed by atoms with Gasteiger partial charge >= 0.3 is 5.97 Å². The molecule has 2 N–H and O–H groups in total. The van der Waals surface area contributed by atoms with Crippen LogP contribution in [0.5, 0.6) is 0 Å². The molecule has 0 saturated carbocycles. The highest BCUT2D eigenvalue weighted by molar-refractivity contribution is 6.06. The van der Waals surface area contributed by atoms with E-state index in [1.807, 2.05) is 12.1 Å². The number of nitrogens with zero attached hydrogens (tertiary/aromatic N) is 3. The number of aromatic amines is 1. The van der Waals surface area contributed by atoms with Crippen LogP contribution in [0.2, 0.25) is 0 Å². The highest BCUT2D eigenvalue weighted by atomic mass is 16.5. The molecule has 0 bridgehead atoms. The number of likely N-dealkylation sites (N-methyl/N-ethyl adjacent to an activating group) is 1. The summed E-state index contributed by atoms with van der Waals surface area (Å²) >= 11 is 0. The van der Waals surface area contributed by atoms with Gasteiger partial charge in [-0.3, -0.25) is 9.59 Å². The number of benzene rings is 1. The Balaban J connectivity index is 1.57. The second kappa shape index (κ2) is 8.57. The predicted molar refractivity (Wildman–Crippen MR) is 118 cm³/mol. The smallest absolute Gasteiger partial charge is 0.337 e. The largest absolute Gasteiger partial charge is 0.465 e. The number of H-pyrrole nitrogens is 1. The molecule has 1 aliphatic rings. The summed E-state index contributed by atoms with van der Waals surface area (Å²) in [6, 6.07) is 11.6. The molecule has 3 aromatic rings. The number of hydrogen-bond acceptors (Lipinski definition) is 7. The lowest BCUT2D eigenvalue weighted by Crippen LogP contribution is -2.44. The first-order chi connectivity index (χ1) is 14.9. The van der Waals surface area contributed by atoms with E-state index in [1.54, 1.807) is 18.2 Å². The summed E-state index contributed by atoms with van der Waals surface area (Å²) in [6.07, 6.45) is 0. The van der Waals surface area contributed by atoms with Crippen LogP contribution in [0.1, 0.15) is 20.7 Å². The lowest BCUT2D eigenvalue weighted by Gasteiger charge is -2.33. The molecule has 0 spiro atoms. The van der Waals surface area contributed by atoms with Crippen LogP contribution < -0.4 is 15.8 Å². The van der Waals surface area contributed by atoms with Crippen molar-refractivity contribution in [3.8, 4) is 0 Å². The maximum absolute atomic E-state index is 12.7. The number of hydrogen-bond donors (Lipinski definition) is 2. The minimum atomic E-state index is -0.576. The van der Waals surface area contributed by atoms with Gasteiger partial charge in [0.15, 0.2) is 0 Å². The van der Waals surface area contributed by atoms with Gasteiger partial charge in [-0.1, -0.05) is 6.07 Å². The third-order valence-electron chi connectivity index (χ3n) is 5.30. The van der Waals surface area contributed by atoms with Crippen molar-refractivity contribution in [2.24, 2.45) is 0 Å². The summed E-state index contributed by atoms with van der Waals surface area (Å²) in [5.74, 6) is -0.289. The average molecular weight is 421 g/mol. The SMILES string of the molecule is COC(=O)c1cccc(NC(=O)c2cc3ccc(N4CCN(C)CC4)nc3[nH]c2=O)c1. The zero-order chi connectivity index (χ0) is 22.0. The van der Waals surface area contributed by atoms with Gasteiger partial charge in [0.25, 0.3) is 11.5 Å². The lowest BCUT2D eigenvalue weighted by atomic mass is 10.1. The fourth-order valence-electron chi connectivity index (χ4n) is 3.49. The fourth-order valence-corrected chi connectivity index (χ4v) is 3.49. The van der Waals surface area contributed by atoms with E-state index in [0.717, 1.165) is 32.0 Å². The Morgan fingerprint density at radius 1 is 1.10 bits per heavy atom. The van der Waals surface area contributed by atoms with Crippen LogP contribution in [-0.4, -0.2) is 67.1 Å². The molecule has 1 aliphatic heterocycles. The Bertz CT molecular complexity index is 1200. The van der Waals surface area contributed by atoms with Gasteiger partial charge in [-0.15, -0.1) is 0 Å². The van der Waals surface area contributed by atoms with Crippen molar-refractivity contribution < 1.29 is 14.3 Å². The summed E-state index contributed by atoms with van der Waals surface area (Å²) in [6.45, 7) is 3.63. The van der Waals surface area contributed by atoms with Crippen molar-refractivity contribution in [3.05, 3.63) is 63.9 Å². The predicted octanol–water partition coefficient (Wildman–Crippen LogP) is 1.71. The van der Waals surface area contributed by atoms with Gasteiger partial charge < -0.3 is 24.8 Å². The molecule has 3 heterocycles. The van der Waals surface area contributed by atoms with E-state index < -0.39 is 17.4 Å². The number of esters is 1. The number of pyridine rings is 2. The van der Waals surface area contributed by atoms with E-state index in [4.69, 9.17) is 0 Å². The Labute approximate surface area is 178 Å². The molecule has 0 unspecified atom stereocenters. The number of anilines is 2. The molecule has 1 amide bonds. The Morgan fingerprint density at radius 3 is 2.61 bits per heavy atom. The van der Waals surface area contributed by atoms with Crippen LogP contribution >= 0.6 is 0 Å². The quantitative estimate of drug-likeness (QED) is 0.618. The third-order valence-corrected chi connectivity index (χ3v) is 5.30. The topological polar surface area (TPSA) is 108 Å². The molecule has 9 nitrogen and oxygen atoms in total. The summed E-state index contributed by atoms with van der Waals surface area (Å²) in [7, 11) is 3.37. The number of amides is 1. The Hall–Kier alpha value is -3.72. The van der Waals surface area contributed by atoms with Crippen LogP contribution in [0.4, 0.5) is 11.5 Å². The van der Waals surface area contributed by atoms with E-state index in [9.17, 15) is 14.4 Å². The summed E-state index contributed by atoms with van der Waals surface area (Å²) in [5.41, 5.74) is 0.553. The number of methoxy groups -OCH3 is 1. The zero-order valence-electron chi connectivity index (χ0n) is 17.3. The van der Waals surface area contributed by atoms with Crippen molar-refractivity contribution in [1.82, 2.24) is 14.9 Å².